The summed E-state index contributed by atoms with van der Waals surface area (Å²) in [7, 11) is 0. The van der Waals surface area contributed by atoms with Crippen molar-refractivity contribution < 1.29 is 4.79 Å². The third kappa shape index (κ3) is 2.19. The average Bonchev–Trinajstić information content (AvgIpc) is 2.16. The van der Waals surface area contributed by atoms with Gasteiger partial charge in [0, 0.05) is 26.6 Å². The summed E-state index contributed by atoms with van der Waals surface area (Å²) in [6.45, 7) is 6.79. The van der Waals surface area contributed by atoms with E-state index in [0.29, 0.717) is 13.1 Å². The first-order valence-electron chi connectivity index (χ1n) is 4.58. The second-order valence-electron chi connectivity index (χ2n) is 3.25. The van der Waals surface area contributed by atoms with E-state index in [2.05, 4.69) is 17.9 Å². The van der Waals surface area contributed by atoms with Crippen molar-refractivity contribution in [1.29, 1.82) is 5.26 Å². The first-order chi connectivity index (χ1) is 6.19. The molecule has 1 fully saturated rings. The summed E-state index contributed by atoms with van der Waals surface area (Å²) in [5.74, 6) is 0.00213. The second kappa shape index (κ2) is 4.24. The van der Waals surface area contributed by atoms with Gasteiger partial charge in [-0.05, 0) is 6.54 Å². The third-order valence-electron chi connectivity index (χ3n) is 2.47. The van der Waals surface area contributed by atoms with Crippen LogP contribution in [0.2, 0.25) is 0 Å². The number of carbonyl (C=O) groups is 1. The van der Waals surface area contributed by atoms with Gasteiger partial charge in [-0.25, -0.2) is 0 Å². The van der Waals surface area contributed by atoms with Gasteiger partial charge in [0.05, 0.1) is 6.07 Å². The predicted octanol–water partition coefficient (Wildman–Crippen LogP) is 0.0626. The van der Waals surface area contributed by atoms with Crippen molar-refractivity contribution in [3.8, 4) is 6.07 Å². The van der Waals surface area contributed by atoms with E-state index in [1.165, 1.54) is 6.92 Å². The van der Waals surface area contributed by atoms with Gasteiger partial charge in [0.2, 0.25) is 5.91 Å². The van der Waals surface area contributed by atoms with Gasteiger partial charge in [-0.2, -0.15) is 5.26 Å². The fourth-order valence-corrected chi connectivity index (χ4v) is 1.61. The van der Waals surface area contributed by atoms with Gasteiger partial charge < -0.3 is 4.90 Å². The van der Waals surface area contributed by atoms with E-state index in [9.17, 15) is 4.79 Å². The highest BCUT2D eigenvalue weighted by Crippen LogP contribution is 2.08. The molecule has 72 valence electrons. The molecule has 1 unspecified atom stereocenters. The zero-order valence-electron chi connectivity index (χ0n) is 8.16. The Kier molecular flexibility index (Phi) is 3.26. The number of hydrogen-bond donors (Lipinski definition) is 0. The van der Waals surface area contributed by atoms with Gasteiger partial charge in [0.25, 0.3) is 0 Å². The van der Waals surface area contributed by atoms with E-state index in [0.717, 1.165) is 13.1 Å². The minimum absolute atomic E-state index is 0.00213. The lowest BCUT2D eigenvalue weighted by atomic mass is 10.2. The number of piperazine rings is 1. The summed E-state index contributed by atoms with van der Waals surface area (Å²) >= 11 is 0. The van der Waals surface area contributed by atoms with Gasteiger partial charge in [-0.3, -0.25) is 9.69 Å². The second-order valence-corrected chi connectivity index (χ2v) is 3.25. The van der Waals surface area contributed by atoms with Crippen LogP contribution in [-0.4, -0.2) is 47.9 Å². The first-order valence-corrected chi connectivity index (χ1v) is 4.58. The lowest BCUT2D eigenvalue weighted by molar-refractivity contribution is -0.132. The highest BCUT2D eigenvalue weighted by molar-refractivity contribution is 5.74. The predicted molar refractivity (Wildman–Crippen MR) is 48.9 cm³/mol. The molecule has 0 aromatic rings. The number of hydrogen-bond acceptors (Lipinski definition) is 3. The quantitative estimate of drug-likeness (QED) is 0.575. The molecule has 1 aliphatic rings. The lowest BCUT2D eigenvalue weighted by Crippen LogP contribution is -2.53. The largest absolute Gasteiger partial charge is 0.324 e. The van der Waals surface area contributed by atoms with Crippen LogP contribution in [0, 0.1) is 11.3 Å². The Morgan fingerprint density at radius 1 is 1.62 bits per heavy atom. The van der Waals surface area contributed by atoms with Crippen LogP contribution in [0.3, 0.4) is 0 Å². The molecule has 1 heterocycles. The Labute approximate surface area is 78.7 Å². The minimum atomic E-state index is -0.258. The summed E-state index contributed by atoms with van der Waals surface area (Å²) in [6.07, 6.45) is 0. The summed E-state index contributed by atoms with van der Waals surface area (Å²) in [6, 6.07) is 1.90. The van der Waals surface area contributed by atoms with E-state index in [4.69, 9.17) is 5.26 Å². The Morgan fingerprint density at radius 2 is 2.31 bits per heavy atom. The molecule has 0 saturated carbocycles. The summed E-state index contributed by atoms with van der Waals surface area (Å²) < 4.78 is 0. The SMILES string of the molecule is CCN1CCN(C(C)=O)C(C#N)C1. The van der Waals surface area contributed by atoms with Crippen molar-refractivity contribution in [3.63, 3.8) is 0 Å². The van der Waals surface area contributed by atoms with Gasteiger partial charge in [-0.15, -0.1) is 0 Å². The number of carbonyl (C=O) groups excluding carboxylic acids is 1. The first kappa shape index (κ1) is 10.0. The highest BCUT2D eigenvalue weighted by Gasteiger charge is 2.27. The van der Waals surface area contributed by atoms with Crippen LogP contribution in [-0.2, 0) is 4.79 Å². The van der Waals surface area contributed by atoms with E-state index in [1.54, 1.807) is 4.90 Å². The zero-order valence-corrected chi connectivity index (χ0v) is 8.16. The topological polar surface area (TPSA) is 47.3 Å². The number of rotatable bonds is 1. The molecule has 1 rings (SSSR count). The lowest BCUT2D eigenvalue weighted by Gasteiger charge is -2.37. The molecule has 0 aromatic carbocycles. The fourth-order valence-electron chi connectivity index (χ4n) is 1.61. The van der Waals surface area contributed by atoms with Crippen LogP contribution in [0.5, 0.6) is 0 Å². The minimum Gasteiger partial charge on any atom is -0.324 e. The molecule has 4 heteroatoms. The Balaban J connectivity index is 2.61. The monoisotopic (exact) mass is 181 g/mol. The van der Waals surface area contributed by atoms with E-state index in [-0.39, 0.29) is 11.9 Å². The zero-order chi connectivity index (χ0) is 9.84. The van der Waals surface area contributed by atoms with Crippen LogP contribution in [0.1, 0.15) is 13.8 Å². The average molecular weight is 181 g/mol. The van der Waals surface area contributed by atoms with Crippen molar-refractivity contribution >= 4 is 5.91 Å². The Bertz CT molecular complexity index is 234. The molecule has 0 aliphatic carbocycles. The molecule has 4 nitrogen and oxygen atoms in total. The summed E-state index contributed by atoms with van der Waals surface area (Å²) in [5.41, 5.74) is 0. The summed E-state index contributed by atoms with van der Waals surface area (Å²) in [5, 5.41) is 8.85. The van der Waals surface area contributed by atoms with Crippen molar-refractivity contribution in [3.05, 3.63) is 0 Å². The van der Waals surface area contributed by atoms with E-state index in [1.807, 2.05) is 0 Å². The molecule has 0 bridgehead atoms. The van der Waals surface area contributed by atoms with E-state index >= 15 is 0 Å². The molecular formula is C9H15N3O. The molecule has 1 amide bonds. The van der Waals surface area contributed by atoms with Crippen LogP contribution < -0.4 is 0 Å². The molecular weight excluding hydrogens is 166 g/mol. The van der Waals surface area contributed by atoms with Crippen molar-refractivity contribution in [1.82, 2.24) is 9.80 Å². The van der Waals surface area contributed by atoms with Crippen LogP contribution in [0.25, 0.3) is 0 Å². The van der Waals surface area contributed by atoms with Gasteiger partial charge in [0.15, 0.2) is 0 Å². The van der Waals surface area contributed by atoms with Crippen molar-refractivity contribution in [2.45, 2.75) is 19.9 Å². The fraction of sp³-hybridized carbons (Fsp3) is 0.778. The molecule has 1 atom stereocenters. The molecule has 13 heavy (non-hydrogen) atoms. The Hall–Kier alpha value is -1.08. The third-order valence-corrected chi connectivity index (χ3v) is 2.47. The maximum Gasteiger partial charge on any atom is 0.220 e. The Morgan fingerprint density at radius 3 is 2.77 bits per heavy atom. The highest BCUT2D eigenvalue weighted by atomic mass is 16.2. The normalized spacial score (nSPS) is 24.1. The maximum absolute atomic E-state index is 11.1. The molecule has 1 aliphatic heterocycles. The molecule has 0 N–H and O–H groups in total. The number of likely N-dealkylation sites (N-methyl/N-ethyl adjacent to an activating group) is 1. The van der Waals surface area contributed by atoms with Gasteiger partial charge >= 0.3 is 0 Å². The van der Waals surface area contributed by atoms with Crippen LogP contribution in [0.4, 0.5) is 0 Å². The number of nitrogens with zero attached hydrogens (tertiary/aromatic N) is 3. The standard InChI is InChI=1S/C9H15N3O/c1-3-11-4-5-12(8(2)13)9(6-10)7-11/h9H,3-5,7H2,1-2H3. The molecule has 0 aromatic heterocycles. The molecule has 0 spiro atoms. The van der Waals surface area contributed by atoms with Gasteiger partial charge in [-0.1, -0.05) is 6.92 Å². The van der Waals surface area contributed by atoms with E-state index < -0.39 is 0 Å². The van der Waals surface area contributed by atoms with Crippen LogP contribution in [0.15, 0.2) is 0 Å². The van der Waals surface area contributed by atoms with Crippen molar-refractivity contribution in [2.24, 2.45) is 0 Å². The smallest absolute Gasteiger partial charge is 0.220 e. The van der Waals surface area contributed by atoms with Gasteiger partial charge in [0.1, 0.15) is 6.04 Å². The molecule has 0 radical (unpaired) electrons. The van der Waals surface area contributed by atoms with Crippen molar-refractivity contribution in [2.75, 3.05) is 26.2 Å². The maximum atomic E-state index is 11.1. The number of amides is 1. The number of nitriles is 1. The molecule has 1 saturated heterocycles. The summed E-state index contributed by atoms with van der Waals surface area (Å²) in [4.78, 5) is 15.0. The van der Waals surface area contributed by atoms with Crippen LogP contribution >= 0.6 is 0 Å².